The van der Waals surface area contributed by atoms with Crippen LogP contribution in [-0.2, 0) is 26.2 Å². The van der Waals surface area contributed by atoms with E-state index in [2.05, 4.69) is 119 Å². The molecule has 0 bridgehead atoms. The third-order valence-corrected chi connectivity index (χ3v) is 12.1. The molecule has 4 heteroatoms. The van der Waals surface area contributed by atoms with E-state index in [0.717, 1.165) is 0 Å². The van der Waals surface area contributed by atoms with Crippen molar-refractivity contribution in [1.29, 1.82) is 0 Å². The summed E-state index contributed by atoms with van der Waals surface area (Å²) in [5, 5.41) is 9.34. The smallest absolute Gasteiger partial charge is 1.00 e. The van der Waals surface area contributed by atoms with Gasteiger partial charge in [0.25, 0.3) is 0 Å². The predicted molar refractivity (Wildman–Crippen MR) is 162 cm³/mol. The summed E-state index contributed by atoms with van der Waals surface area (Å²) in [5.41, 5.74) is 9.19. The van der Waals surface area contributed by atoms with E-state index in [-0.39, 0.29) is 51.0 Å². The molecule has 0 unspecified atom stereocenters. The fraction of sp³-hybridized carbons (Fsp3) is 0.471. The topological polar surface area (TPSA) is 0 Å². The summed E-state index contributed by atoms with van der Waals surface area (Å²) in [6.45, 7) is 28.9. The van der Waals surface area contributed by atoms with Gasteiger partial charge in [-0.3, -0.25) is 0 Å². The van der Waals surface area contributed by atoms with Gasteiger partial charge in [-0.15, -0.1) is 69.1 Å². The average Bonchev–Trinajstić information content (AvgIpc) is 3.27. The van der Waals surface area contributed by atoms with Gasteiger partial charge in [-0.2, -0.15) is 10.4 Å². The van der Waals surface area contributed by atoms with Crippen LogP contribution in [0.4, 0.5) is 0 Å². The first-order valence-electron chi connectivity index (χ1n) is 13.7. The first-order chi connectivity index (χ1) is 16.3. The summed E-state index contributed by atoms with van der Waals surface area (Å²) in [4.78, 5) is 0. The molecule has 0 aliphatic rings. The minimum Gasteiger partial charge on any atom is -1.00 e. The van der Waals surface area contributed by atoms with Crippen molar-refractivity contribution in [3.8, 4) is 0 Å². The van der Waals surface area contributed by atoms with E-state index in [9.17, 15) is 0 Å². The van der Waals surface area contributed by atoms with Gasteiger partial charge in [-0.25, -0.2) is 0 Å². The molecular weight excluding hydrogens is 599 g/mol. The Kier molecular flexibility index (Phi) is 12.0. The third-order valence-electron chi connectivity index (χ3n) is 8.30. The second-order valence-corrected chi connectivity index (χ2v) is 17.0. The summed E-state index contributed by atoms with van der Waals surface area (Å²) in [6, 6.07) is 14.5. The molecule has 0 nitrogen and oxygen atoms in total. The Morgan fingerprint density at radius 2 is 0.868 bits per heavy atom. The molecule has 0 saturated heterocycles. The van der Waals surface area contributed by atoms with E-state index < -0.39 is 8.07 Å². The SMILES string of the molecule is Cc1[cH-]c2ccc(C(C)C)c(C(C)C)c2c1[Si](C)(C)c1c(C)[cH-]c2ccc(C(C)C)c(C(C)C)c12.[Cl-].[Cl-].[Zr+4]. The van der Waals surface area contributed by atoms with Gasteiger partial charge in [0.05, 0.1) is 0 Å². The van der Waals surface area contributed by atoms with Gasteiger partial charge in [0.1, 0.15) is 0 Å². The Hall–Kier alpha value is -0.660. The van der Waals surface area contributed by atoms with Gasteiger partial charge < -0.3 is 24.8 Å². The first-order valence-corrected chi connectivity index (χ1v) is 16.7. The number of hydrogen-bond donors (Lipinski definition) is 0. The van der Waals surface area contributed by atoms with E-state index >= 15 is 0 Å². The zero-order chi connectivity index (χ0) is 26.0. The molecule has 0 heterocycles. The van der Waals surface area contributed by atoms with Gasteiger partial charge in [0.15, 0.2) is 0 Å². The van der Waals surface area contributed by atoms with Crippen LogP contribution < -0.4 is 35.2 Å². The molecule has 0 aliphatic heterocycles. The molecule has 0 aliphatic carbocycles. The quantitative estimate of drug-likeness (QED) is 0.223. The predicted octanol–water partition coefficient (Wildman–Crippen LogP) is 3.37. The Balaban J connectivity index is 0.00000241. The van der Waals surface area contributed by atoms with Gasteiger partial charge in [0, 0.05) is 8.07 Å². The second kappa shape index (κ2) is 12.9. The minimum absolute atomic E-state index is 0. The van der Waals surface area contributed by atoms with Crippen molar-refractivity contribution < 1.29 is 51.0 Å². The Morgan fingerprint density at radius 1 is 0.553 bits per heavy atom. The molecule has 0 amide bonds. The van der Waals surface area contributed by atoms with Crippen LogP contribution in [0.1, 0.15) is 112 Å². The number of benzene rings is 2. The monoisotopic (exact) mass is 642 g/mol. The molecule has 4 rings (SSSR count). The van der Waals surface area contributed by atoms with Crippen molar-refractivity contribution in [3.05, 3.63) is 69.8 Å². The van der Waals surface area contributed by atoms with E-state index in [4.69, 9.17) is 0 Å². The summed E-state index contributed by atoms with van der Waals surface area (Å²) >= 11 is 0. The third kappa shape index (κ3) is 5.72. The van der Waals surface area contributed by atoms with Crippen LogP contribution in [-0.4, -0.2) is 8.07 Å². The average molecular weight is 645 g/mol. The van der Waals surface area contributed by atoms with Crippen LogP contribution in [0.15, 0.2) is 36.4 Å². The maximum absolute atomic E-state index is 2.62. The molecule has 4 aromatic rings. The molecule has 0 spiro atoms. The van der Waals surface area contributed by atoms with Crippen molar-refractivity contribution in [2.24, 2.45) is 0 Å². The molecule has 0 aromatic heterocycles. The largest absolute Gasteiger partial charge is 4.00 e. The number of halogens is 2. The molecule has 0 saturated carbocycles. The minimum atomic E-state index is -2.04. The van der Waals surface area contributed by atoms with Crippen molar-refractivity contribution in [2.75, 3.05) is 0 Å². The maximum Gasteiger partial charge on any atom is 4.00 e. The molecular formula is C34H46Cl2SiZr. The van der Waals surface area contributed by atoms with Crippen molar-refractivity contribution in [1.82, 2.24) is 0 Å². The van der Waals surface area contributed by atoms with E-state index in [0.29, 0.717) is 23.7 Å². The van der Waals surface area contributed by atoms with Gasteiger partial charge in [-0.05, 0) is 23.7 Å². The zero-order valence-electron chi connectivity index (χ0n) is 25.5. The van der Waals surface area contributed by atoms with Gasteiger partial charge in [-0.1, -0.05) is 105 Å². The molecule has 38 heavy (non-hydrogen) atoms. The van der Waals surface area contributed by atoms with E-state index in [1.165, 1.54) is 33.0 Å². The fourth-order valence-corrected chi connectivity index (χ4v) is 11.3. The summed E-state index contributed by atoms with van der Waals surface area (Å²) in [7, 11) is -2.04. The molecule has 0 radical (unpaired) electrons. The van der Waals surface area contributed by atoms with Crippen LogP contribution in [0.3, 0.4) is 0 Å². The summed E-state index contributed by atoms with van der Waals surface area (Å²) in [6.07, 6.45) is 0. The Bertz CT molecular complexity index is 1290. The standard InChI is InChI=1S/C34H46Si.2ClH.Zr/c1-19(2)27-15-13-25-17-23(9)33(31(25)29(27)21(5)6)35(11,12)34-24(10)18-26-14-16-28(20(3)4)30(22(7)8)32(26)34;;;/h13-22H,1-12H3;2*1H;/q-2;;;+4/p-2. The Morgan fingerprint density at radius 3 is 1.13 bits per heavy atom. The van der Waals surface area contributed by atoms with Crippen molar-refractivity contribution >= 4 is 40.0 Å². The maximum atomic E-state index is 2.62. The van der Waals surface area contributed by atoms with E-state index in [1.54, 1.807) is 32.3 Å². The number of hydrogen-bond acceptors (Lipinski definition) is 0. The van der Waals surface area contributed by atoms with Gasteiger partial charge >= 0.3 is 26.2 Å². The van der Waals surface area contributed by atoms with Gasteiger partial charge in [0.2, 0.25) is 0 Å². The van der Waals surface area contributed by atoms with Crippen LogP contribution in [0.2, 0.25) is 13.1 Å². The van der Waals surface area contributed by atoms with Crippen LogP contribution >= 0.6 is 0 Å². The molecule has 0 fully saturated rings. The van der Waals surface area contributed by atoms with Crippen molar-refractivity contribution in [2.45, 2.75) is 106 Å². The number of rotatable bonds is 6. The van der Waals surface area contributed by atoms with Crippen LogP contribution in [0, 0.1) is 13.8 Å². The van der Waals surface area contributed by atoms with Crippen LogP contribution in [0.5, 0.6) is 0 Å². The molecule has 0 N–H and O–H groups in total. The zero-order valence-corrected chi connectivity index (χ0v) is 30.5. The fourth-order valence-electron chi connectivity index (χ4n) is 7.10. The first kappa shape index (κ1) is 35.4. The molecule has 0 atom stereocenters. The molecule has 4 aromatic carbocycles. The normalized spacial score (nSPS) is 12.0. The number of fused-ring (bicyclic) bond motifs is 2. The number of aryl methyl sites for hydroxylation is 2. The van der Waals surface area contributed by atoms with Crippen molar-refractivity contribution in [3.63, 3.8) is 0 Å². The summed E-state index contributed by atoms with van der Waals surface area (Å²) < 4.78 is 0. The summed E-state index contributed by atoms with van der Waals surface area (Å²) in [5.74, 6) is 2.09. The van der Waals surface area contributed by atoms with Crippen LogP contribution in [0.25, 0.3) is 21.5 Å². The molecule has 204 valence electrons. The van der Waals surface area contributed by atoms with E-state index in [1.807, 2.05) is 0 Å². The second-order valence-electron chi connectivity index (χ2n) is 12.7. The Labute approximate surface area is 265 Å².